The number of hydrogen-bond donors (Lipinski definition) is 0. The average Bonchev–Trinajstić information content (AvgIpc) is 1.95. The van der Waals surface area contributed by atoms with Gasteiger partial charge in [-0.2, -0.15) is 0 Å². The second-order valence-corrected chi connectivity index (χ2v) is 6.11. The lowest BCUT2D eigenvalue weighted by molar-refractivity contribution is -0.114. The summed E-state index contributed by atoms with van der Waals surface area (Å²) in [5.74, 6) is -0.122. The molecule has 0 unspecified atom stereocenters. The average molecular weight is 260 g/mol. The Balaban J connectivity index is 4.89. The van der Waals surface area contributed by atoms with E-state index in [0.29, 0.717) is 5.76 Å². The smallest absolute Gasteiger partial charge is 0.252 e. The Bertz CT molecular complexity index is 246. The molecule has 0 saturated carbocycles. The number of carbonyl (C=O) groups is 1. The van der Waals surface area contributed by atoms with E-state index < -0.39 is 9.58 Å². The Morgan fingerprint density at radius 1 is 1.21 bits per heavy atom. The summed E-state index contributed by atoms with van der Waals surface area (Å²) in [6.07, 6.45) is 1.22. The van der Waals surface area contributed by atoms with E-state index in [1.165, 1.54) is 13.2 Å². The molecule has 82 valence electrons. The molecule has 2 nitrogen and oxygen atoms in total. The van der Waals surface area contributed by atoms with E-state index in [1.54, 1.807) is 0 Å². The summed E-state index contributed by atoms with van der Waals surface area (Å²) in [6.45, 7) is 5.69. The first kappa shape index (κ1) is 14.1. The van der Waals surface area contributed by atoms with Gasteiger partial charge in [0.25, 0.3) is 3.79 Å². The van der Waals surface area contributed by atoms with Crippen LogP contribution in [0, 0.1) is 5.41 Å². The Hall–Kier alpha value is 0.0800. The van der Waals surface area contributed by atoms with Crippen LogP contribution in [0.2, 0.25) is 0 Å². The van der Waals surface area contributed by atoms with Gasteiger partial charge in [-0.15, -0.1) is 0 Å². The fourth-order valence-electron chi connectivity index (χ4n) is 0.783. The first-order chi connectivity index (χ1) is 6.09. The highest BCUT2D eigenvalue weighted by Crippen LogP contribution is 2.31. The zero-order chi connectivity index (χ0) is 11.6. The van der Waals surface area contributed by atoms with Gasteiger partial charge in [-0.05, 0) is 0 Å². The van der Waals surface area contributed by atoms with Crippen molar-refractivity contribution in [3.63, 3.8) is 0 Å². The molecular formula is C9H13Cl3O2. The molecule has 0 spiro atoms. The van der Waals surface area contributed by atoms with Crippen LogP contribution in [-0.2, 0) is 9.53 Å². The molecule has 0 amide bonds. The molecular weight excluding hydrogens is 246 g/mol. The third-order valence-electron chi connectivity index (χ3n) is 1.50. The Labute approximate surface area is 99.2 Å². The van der Waals surface area contributed by atoms with Gasteiger partial charge < -0.3 is 4.74 Å². The van der Waals surface area contributed by atoms with Crippen molar-refractivity contribution in [1.29, 1.82) is 0 Å². The second kappa shape index (κ2) is 4.73. The molecule has 0 atom stereocenters. The first-order valence-corrected chi connectivity index (χ1v) is 5.09. The maximum Gasteiger partial charge on any atom is 0.252 e. The molecule has 0 fully saturated rings. The van der Waals surface area contributed by atoms with E-state index in [1.807, 2.05) is 20.8 Å². The minimum atomic E-state index is -1.92. The van der Waals surface area contributed by atoms with Crippen molar-refractivity contribution in [2.24, 2.45) is 5.41 Å². The first-order valence-electron chi connectivity index (χ1n) is 3.96. The van der Waals surface area contributed by atoms with E-state index in [4.69, 9.17) is 39.5 Å². The summed E-state index contributed by atoms with van der Waals surface area (Å²) in [4.78, 5) is 11.3. The molecule has 0 aliphatic carbocycles. The van der Waals surface area contributed by atoms with Crippen LogP contribution in [0.25, 0.3) is 0 Å². The molecule has 0 N–H and O–H groups in total. The summed E-state index contributed by atoms with van der Waals surface area (Å²) >= 11 is 16.2. The third kappa shape index (κ3) is 4.54. The number of rotatable bonds is 2. The summed E-state index contributed by atoms with van der Waals surface area (Å²) in [6, 6.07) is 0. The predicted octanol–water partition coefficient (Wildman–Crippen LogP) is 3.50. The highest BCUT2D eigenvalue weighted by Gasteiger charge is 2.30. The molecule has 0 aliphatic heterocycles. The Morgan fingerprint density at radius 3 is 1.86 bits per heavy atom. The fraction of sp³-hybridized carbons (Fsp3) is 0.667. The maximum absolute atomic E-state index is 11.3. The molecule has 5 heteroatoms. The second-order valence-electron chi connectivity index (χ2n) is 3.82. The van der Waals surface area contributed by atoms with Gasteiger partial charge in [-0.25, -0.2) is 0 Å². The van der Waals surface area contributed by atoms with Gasteiger partial charge >= 0.3 is 0 Å². The van der Waals surface area contributed by atoms with Crippen LogP contribution in [0.4, 0.5) is 0 Å². The number of ether oxygens (including phenoxy) is 1. The van der Waals surface area contributed by atoms with Crippen molar-refractivity contribution in [1.82, 2.24) is 0 Å². The van der Waals surface area contributed by atoms with E-state index >= 15 is 0 Å². The lowest BCUT2D eigenvalue weighted by Crippen LogP contribution is -2.20. The van der Waals surface area contributed by atoms with Crippen LogP contribution in [0.15, 0.2) is 11.8 Å². The number of alkyl halides is 3. The predicted molar refractivity (Wildman–Crippen MR) is 59.8 cm³/mol. The minimum Gasteiger partial charge on any atom is -0.500 e. The highest BCUT2D eigenvalue weighted by atomic mass is 35.6. The normalized spacial score (nSPS) is 14.1. The van der Waals surface area contributed by atoms with Crippen molar-refractivity contribution in [2.45, 2.75) is 24.6 Å². The zero-order valence-corrected chi connectivity index (χ0v) is 10.8. The summed E-state index contributed by atoms with van der Waals surface area (Å²) in [5.41, 5.74) is -0.291. The molecule has 0 rings (SSSR count). The molecule has 14 heavy (non-hydrogen) atoms. The Morgan fingerprint density at radius 2 is 1.64 bits per heavy atom. The topological polar surface area (TPSA) is 26.3 Å². The number of ketones is 1. The molecule has 0 aliphatic rings. The summed E-state index contributed by atoms with van der Waals surface area (Å²) in [5, 5.41) is 0. The summed E-state index contributed by atoms with van der Waals surface area (Å²) in [7, 11) is 1.47. The van der Waals surface area contributed by atoms with Crippen LogP contribution in [-0.4, -0.2) is 16.7 Å². The SMILES string of the molecule is CO/C(=C/C(=O)C(Cl)(Cl)Cl)C(C)(C)C. The fourth-order valence-corrected chi connectivity index (χ4v) is 0.946. The molecule has 0 saturated heterocycles. The van der Waals surface area contributed by atoms with Crippen LogP contribution >= 0.6 is 34.8 Å². The number of hydrogen-bond acceptors (Lipinski definition) is 2. The Kier molecular flexibility index (Phi) is 4.76. The van der Waals surface area contributed by atoms with Crippen molar-refractivity contribution >= 4 is 40.6 Å². The van der Waals surface area contributed by atoms with Gasteiger partial charge in [0, 0.05) is 11.5 Å². The molecule has 0 bridgehead atoms. The van der Waals surface area contributed by atoms with Crippen molar-refractivity contribution in [3.05, 3.63) is 11.8 Å². The number of carbonyl (C=O) groups excluding carboxylic acids is 1. The van der Waals surface area contributed by atoms with Gasteiger partial charge in [0.05, 0.1) is 7.11 Å². The van der Waals surface area contributed by atoms with Crippen molar-refractivity contribution in [3.8, 4) is 0 Å². The van der Waals surface area contributed by atoms with Crippen LogP contribution in [0.1, 0.15) is 20.8 Å². The standard InChI is InChI=1S/C9H13Cl3O2/c1-8(2,3)7(14-4)5-6(13)9(10,11)12/h5H,1-4H3/b7-5+. The molecule has 0 aromatic heterocycles. The lowest BCUT2D eigenvalue weighted by atomic mass is 9.93. The van der Waals surface area contributed by atoms with Crippen molar-refractivity contribution < 1.29 is 9.53 Å². The quantitative estimate of drug-likeness (QED) is 0.431. The maximum atomic E-state index is 11.3. The highest BCUT2D eigenvalue weighted by molar-refractivity contribution is 6.77. The molecule has 0 aromatic carbocycles. The molecule has 0 heterocycles. The third-order valence-corrected chi connectivity index (χ3v) is 2.06. The number of allylic oxidation sites excluding steroid dienone is 2. The van der Waals surface area contributed by atoms with Gasteiger partial charge in [0.1, 0.15) is 5.76 Å². The van der Waals surface area contributed by atoms with Gasteiger partial charge in [-0.1, -0.05) is 55.6 Å². The van der Waals surface area contributed by atoms with E-state index in [2.05, 4.69) is 0 Å². The van der Waals surface area contributed by atoms with Gasteiger partial charge in [0.2, 0.25) is 5.78 Å². The monoisotopic (exact) mass is 258 g/mol. The number of methoxy groups -OCH3 is 1. The minimum absolute atomic E-state index is 0.291. The molecule has 0 aromatic rings. The van der Waals surface area contributed by atoms with E-state index in [0.717, 1.165) is 0 Å². The van der Waals surface area contributed by atoms with Crippen LogP contribution < -0.4 is 0 Å². The number of halogens is 3. The van der Waals surface area contributed by atoms with E-state index in [-0.39, 0.29) is 5.41 Å². The lowest BCUT2D eigenvalue weighted by Gasteiger charge is -2.21. The van der Waals surface area contributed by atoms with Gasteiger partial charge in [-0.3, -0.25) is 4.79 Å². The zero-order valence-electron chi connectivity index (χ0n) is 8.53. The van der Waals surface area contributed by atoms with Crippen LogP contribution in [0.3, 0.4) is 0 Å². The van der Waals surface area contributed by atoms with E-state index in [9.17, 15) is 4.79 Å². The van der Waals surface area contributed by atoms with Crippen LogP contribution in [0.5, 0.6) is 0 Å². The largest absolute Gasteiger partial charge is 0.500 e. The molecule has 0 radical (unpaired) electrons. The van der Waals surface area contributed by atoms with Gasteiger partial charge in [0.15, 0.2) is 0 Å². The summed E-state index contributed by atoms with van der Waals surface area (Å²) < 4.78 is 3.12. The van der Waals surface area contributed by atoms with Crippen molar-refractivity contribution in [2.75, 3.05) is 7.11 Å².